The first-order valence-electron chi connectivity index (χ1n) is 9.51. The maximum Gasteiger partial charge on any atom is 0.191 e. The van der Waals surface area contributed by atoms with Gasteiger partial charge >= 0.3 is 0 Å². The van der Waals surface area contributed by atoms with E-state index in [9.17, 15) is 0 Å². The quantitative estimate of drug-likeness (QED) is 0.589. The summed E-state index contributed by atoms with van der Waals surface area (Å²) in [4.78, 5) is 7.30. The molecule has 5 heteroatoms. The van der Waals surface area contributed by atoms with Crippen molar-refractivity contribution in [3.05, 3.63) is 29.8 Å². The smallest absolute Gasteiger partial charge is 0.191 e. The van der Waals surface area contributed by atoms with Crippen LogP contribution in [0.1, 0.15) is 39.2 Å². The van der Waals surface area contributed by atoms with Crippen LogP contribution in [0.2, 0.25) is 0 Å². The number of hydrogen-bond donors (Lipinski definition) is 2. The third-order valence-electron chi connectivity index (χ3n) is 4.76. The molecule has 0 aromatic heterocycles. The summed E-state index contributed by atoms with van der Waals surface area (Å²) in [5.74, 6) is 2.48. The molecule has 0 radical (unpaired) electrons. The summed E-state index contributed by atoms with van der Waals surface area (Å²) < 4.78 is 5.20. The van der Waals surface area contributed by atoms with E-state index in [0.717, 1.165) is 24.8 Å². The highest BCUT2D eigenvalue weighted by Crippen LogP contribution is 2.17. The molecule has 2 rings (SSSR count). The predicted octanol–water partition coefficient (Wildman–Crippen LogP) is 2.87. The largest absolute Gasteiger partial charge is 0.497 e. The molecule has 0 bridgehead atoms. The second-order valence-electron chi connectivity index (χ2n) is 7.02. The fourth-order valence-electron chi connectivity index (χ4n) is 3.22. The van der Waals surface area contributed by atoms with Gasteiger partial charge in [0.05, 0.1) is 13.7 Å². The zero-order valence-electron chi connectivity index (χ0n) is 16.2. The Morgan fingerprint density at radius 1 is 1.28 bits per heavy atom. The molecule has 0 aliphatic carbocycles. The van der Waals surface area contributed by atoms with Crippen molar-refractivity contribution in [2.75, 3.05) is 33.3 Å². The molecular formula is C20H34N4O. The summed E-state index contributed by atoms with van der Waals surface area (Å²) in [7, 11) is 1.69. The minimum absolute atomic E-state index is 0.639. The van der Waals surface area contributed by atoms with E-state index in [0.29, 0.717) is 18.5 Å². The summed E-state index contributed by atoms with van der Waals surface area (Å²) >= 11 is 0. The predicted molar refractivity (Wildman–Crippen MR) is 105 cm³/mol. The standard InChI is InChI=1S/C20H34N4O/c1-5-21-20(22-13-17-8-10-19(25-4)11-9-17)23-14-18-7-6-12-24(15-18)16(2)3/h8-11,16,18H,5-7,12-15H2,1-4H3,(H2,21,22,23). The van der Waals surface area contributed by atoms with Gasteiger partial charge in [0.1, 0.15) is 5.75 Å². The zero-order valence-corrected chi connectivity index (χ0v) is 16.2. The van der Waals surface area contributed by atoms with Crippen LogP contribution < -0.4 is 15.4 Å². The van der Waals surface area contributed by atoms with Crippen LogP contribution in [0.3, 0.4) is 0 Å². The van der Waals surface area contributed by atoms with Crippen LogP contribution in [0.5, 0.6) is 5.75 Å². The van der Waals surface area contributed by atoms with Crippen LogP contribution >= 0.6 is 0 Å². The van der Waals surface area contributed by atoms with Crippen molar-refractivity contribution in [3.8, 4) is 5.75 Å². The van der Waals surface area contributed by atoms with Crippen molar-refractivity contribution in [2.24, 2.45) is 10.9 Å². The van der Waals surface area contributed by atoms with Crippen LogP contribution in [-0.2, 0) is 6.54 Å². The number of benzene rings is 1. The first kappa shape index (κ1) is 19.6. The lowest BCUT2D eigenvalue weighted by molar-refractivity contribution is 0.141. The van der Waals surface area contributed by atoms with Gasteiger partial charge in [0.15, 0.2) is 5.96 Å². The highest BCUT2D eigenvalue weighted by molar-refractivity contribution is 5.79. The third-order valence-corrected chi connectivity index (χ3v) is 4.76. The Morgan fingerprint density at radius 3 is 2.68 bits per heavy atom. The zero-order chi connectivity index (χ0) is 18.1. The van der Waals surface area contributed by atoms with Crippen LogP contribution in [-0.4, -0.2) is 50.2 Å². The Hall–Kier alpha value is -1.75. The van der Waals surface area contributed by atoms with Gasteiger partial charge in [-0.3, -0.25) is 0 Å². The molecule has 2 N–H and O–H groups in total. The summed E-state index contributed by atoms with van der Waals surface area (Å²) in [6.07, 6.45) is 2.60. The van der Waals surface area contributed by atoms with Gasteiger partial charge in [-0.15, -0.1) is 0 Å². The SMILES string of the molecule is CCNC(=NCc1ccc(OC)cc1)NCC1CCCN(C(C)C)C1. The number of piperidine rings is 1. The molecule has 1 aliphatic heterocycles. The average Bonchev–Trinajstić information content (AvgIpc) is 2.64. The molecule has 5 nitrogen and oxygen atoms in total. The summed E-state index contributed by atoms with van der Waals surface area (Å²) in [5.41, 5.74) is 1.18. The van der Waals surface area contributed by atoms with E-state index in [2.05, 4.69) is 48.4 Å². The lowest BCUT2D eigenvalue weighted by atomic mass is 9.97. The van der Waals surface area contributed by atoms with Crippen LogP contribution in [0.4, 0.5) is 0 Å². The van der Waals surface area contributed by atoms with Crippen molar-refractivity contribution in [1.82, 2.24) is 15.5 Å². The van der Waals surface area contributed by atoms with E-state index in [1.807, 2.05) is 12.1 Å². The molecule has 0 amide bonds. The maximum absolute atomic E-state index is 5.20. The Balaban J connectivity index is 1.86. The molecule has 0 spiro atoms. The van der Waals surface area contributed by atoms with Gasteiger partial charge in [-0.05, 0) is 63.8 Å². The number of nitrogens with one attached hydrogen (secondary N) is 2. The first-order valence-corrected chi connectivity index (χ1v) is 9.51. The van der Waals surface area contributed by atoms with Gasteiger partial charge in [-0.25, -0.2) is 4.99 Å². The maximum atomic E-state index is 5.20. The molecule has 25 heavy (non-hydrogen) atoms. The van der Waals surface area contributed by atoms with E-state index < -0.39 is 0 Å². The lowest BCUT2D eigenvalue weighted by Crippen LogP contribution is -2.46. The second-order valence-corrected chi connectivity index (χ2v) is 7.02. The molecule has 1 fully saturated rings. The minimum Gasteiger partial charge on any atom is -0.497 e. The first-order chi connectivity index (χ1) is 12.1. The summed E-state index contributed by atoms with van der Waals surface area (Å²) in [6.45, 7) is 11.6. The lowest BCUT2D eigenvalue weighted by Gasteiger charge is -2.35. The number of nitrogens with zero attached hydrogens (tertiary/aromatic N) is 2. The summed E-state index contributed by atoms with van der Waals surface area (Å²) in [6, 6.07) is 8.72. The number of ether oxygens (including phenoxy) is 1. The van der Waals surface area contributed by atoms with Crippen molar-refractivity contribution < 1.29 is 4.74 Å². The van der Waals surface area contributed by atoms with Crippen LogP contribution in [0, 0.1) is 5.92 Å². The molecule has 1 aliphatic rings. The average molecular weight is 347 g/mol. The molecule has 1 aromatic rings. The molecule has 1 aromatic carbocycles. The van der Waals surface area contributed by atoms with Gasteiger partial charge in [-0.1, -0.05) is 12.1 Å². The van der Waals surface area contributed by atoms with E-state index in [-0.39, 0.29) is 0 Å². The molecular weight excluding hydrogens is 312 g/mol. The molecule has 140 valence electrons. The van der Waals surface area contributed by atoms with Gasteiger partial charge in [-0.2, -0.15) is 0 Å². The number of aliphatic imine (C=N–C) groups is 1. The van der Waals surface area contributed by atoms with Crippen LogP contribution in [0.25, 0.3) is 0 Å². The minimum atomic E-state index is 0.639. The van der Waals surface area contributed by atoms with Crippen molar-refractivity contribution in [1.29, 1.82) is 0 Å². The molecule has 1 saturated heterocycles. The number of likely N-dealkylation sites (tertiary alicyclic amines) is 1. The fourth-order valence-corrected chi connectivity index (χ4v) is 3.22. The summed E-state index contributed by atoms with van der Waals surface area (Å²) in [5, 5.41) is 6.88. The number of methoxy groups -OCH3 is 1. The van der Waals surface area contributed by atoms with Crippen molar-refractivity contribution in [3.63, 3.8) is 0 Å². The highest BCUT2D eigenvalue weighted by Gasteiger charge is 2.21. The Morgan fingerprint density at radius 2 is 2.04 bits per heavy atom. The van der Waals surface area contributed by atoms with E-state index in [1.54, 1.807) is 7.11 Å². The number of rotatable bonds is 7. The van der Waals surface area contributed by atoms with Crippen molar-refractivity contribution >= 4 is 5.96 Å². The Kier molecular flexibility index (Phi) is 8.06. The van der Waals surface area contributed by atoms with E-state index >= 15 is 0 Å². The normalized spacial score (nSPS) is 19.1. The number of hydrogen-bond acceptors (Lipinski definition) is 3. The van der Waals surface area contributed by atoms with Crippen molar-refractivity contribution in [2.45, 2.75) is 46.2 Å². The fraction of sp³-hybridized carbons (Fsp3) is 0.650. The Bertz CT molecular complexity index is 527. The number of guanidine groups is 1. The molecule has 0 saturated carbocycles. The van der Waals surface area contributed by atoms with Gasteiger partial charge < -0.3 is 20.3 Å². The molecule has 1 heterocycles. The van der Waals surface area contributed by atoms with Gasteiger partial charge in [0.25, 0.3) is 0 Å². The Labute approximate surface area is 152 Å². The second kappa shape index (κ2) is 10.3. The third kappa shape index (κ3) is 6.58. The topological polar surface area (TPSA) is 48.9 Å². The monoisotopic (exact) mass is 346 g/mol. The van der Waals surface area contributed by atoms with E-state index in [4.69, 9.17) is 9.73 Å². The van der Waals surface area contributed by atoms with Gasteiger partial charge in [0, 0.05) is 25.7 Å². The van der Waals surface area contributed by atoms with E-state index in [1.165, 1.54) is 31.5 Å². The molecule has 1 atom stereocenters. The highest BCUT2D eigenvalue weighted by atomic mass is 16.5. The van der Waals surface area contributed by atoms with Crippen LogP contribution in [0.15, 0.2) is 29.3 Å². The van der Waals surface area contributed by atoms with Gasteiger partial charge in [0.2, 0.25) is 0 Å². The molecule has 1 unspecified atom stereocenters.